The molecular formula is C23H26N6O4. The minimum Gasteiger partial charge on any atom is -0.495 e. The third-order valence-corrected chi connectivity index (χ3v) is 5.28. The van der Waals surface area contributed by atoms with Crippen molar-refractivity contribution in [3.05, 3.63) is 59.3 Å². The Morgan fingerprint density at radius 1 is 1.12 bits per heavy atom. The van der Waals surface area contributed by atoms with Crippen LogP contribution in [0.15, 0.2) is 53.7 Å². The van der Waals surface area contributed by atoms with E-state index in [-0.39, 0.29) is 5.91 Å². The van der Waals surface area contributed by atoms with E-state index >= 15 is 0 Å². The lowest BCUT2D eigenvalue weighted by atomic mass is 9.94. The SMILES string of the molecule is CCCOc1ccc([C@H]2C(C(=O)Nc3ccccc3OC)=C(C)Nc3nnnn32)cc1OC. The number of amides is 1. The van der Waals surface area contributed by atoms with Gasteiger partial charge in [-0.15, -0.1) is 0 Å². The summed E-state index contributed by atoms with van der Waals surface area (Å²) in [7, 11) is 3.14. The Bertz CT molecular complexity index is 1190. The second-order valence-electron chi connectivity index (χ2n) is 7.43. The summed E-state index contributed by atoms with van der Waals surface area (Å²) in [5.74, 6) is 1.90. The first-order valence-corrected chi connectivity index (χ1v) is 10.6. The van der Waals surface area contributed by atoms with Gasteiger partial charge in [-0.2, -0.15) is 4.68 Å². The summed E-state index contributed by atoms with van der Waals surface area (Å²) in [6.45, 7) is 4.43. The monoisotopic (exact) mass is 450 g/mol. The summed E-state index contributed by atoms with van der Waals surface area (Å²) in [5, 5.41) is 18.0. The van der Waals surface area contributed by atoms with Crippen molar-refractivity contribution in [2.75, 3.05) is 31.5 Å². The highest BCUT2D eigenvalue weighted by atomic mass is 16.5. The zero-order valence-electron chi connectivity index (χ0n) is 19.0. The van der Waals surface area contributed by atoms with Crippen LogP contribution in [0.1, 0.15) is 31.9 Å². The Kier molecular flexibility index (Phi) is 6.43. The van der Waals surface area contributed by atoms with Gasteiger partial charge in [-0.25, -0.2) is 0 Å². The van der Waals surface area contributed by atoms with Crippen LogP contribution in [0.2, 0.25) is 0 Å². The fourth-order valence-corrected chi connectivity index (χ4v) is 3.74. The summed E-state index contributed by atoms with van der Waals surface area (Å²) in [4.78, 5) is 13.5. The van der Waals surface area contributed by atoms with Crippen molar-refractivity contribution in [1.29, 1.82) is 0 Å². The molecule has 1 aromatic heterocycles. The number of tetrazole rings is 1. The van der Waals surface area contributed by atoms with Gasteiger partial charge in [-0.3, -0.25) is 4.79 Å². The van der Waals surface area contributed by atoms with E-state index in [1.54, 1.807) is 31.0 Å². The largest absolute Gasteiger partial charge is 0.495 e. The number of ether oxygens (including phenoxy) is 3. The lowest BCUT2D eigenvalue weighted by molar-refractivity contribution is -0.113. The zero-order valence-corrected chi connectivity index (χ0v) is 19.0. The Hall–Kier alpha value is -4.08. The topological polar surface area (TPSA) is 112 Å². The van der Waals surface area contributed by atoms with E-state index in [1.807, 2.05) is 44.2 Å². The average molecular weight is 450 g/mol. The molecule has 2 heterocycles. The van der Waals surface area contributed by atoms with Crippen LogP contribution in [0.25, 0.3) is 0 Å². The lowest BCUT2D eigenvalue weighted by Gasteiger charge is -2.28. The molecule has 0 unspecified atom stereocenters. The van der Waals surface area contributed by atoms with Gasteiger partial charge in [0.2, 0.25) is 5.95 Å². The van der Waals surface area contributed by atoms with Gasteiger partial charge in [0.15, 0.2) is 11.5 Å². The van der Waals surface area contributed by atoms with Gasteiger partial charge in [0.05, 0.1) is 32.1 Å². The van der Waals surface area contributed by atoms with E-state index in [2.05, 4.69) is 26.2 Å². The second kappa shape index (κ2) is 9.60. The zero-order chi connectivity index (χ0) is 23.4. The molecule has 0 radical (unpaired) electrons. The Balaban J connectivity index is 1.75. The summed E-state index contributed by atoms with van der Waals surface area (Å²) in [5.41, 5.74) is 2.44. The number of methoxy groups -OCH3 is 2. The first-order valence-electron chi connectivity index (χ1n) is 10.6. The number of benzene rings is 2. The number of carbonyl (C=O) groups excluding carboxylic acids is 1. The first kappa shape index (κ1) is 22.1. The van der Waals surface area contributed by atoms with E-state index < -0.39 is 6.04 Å². The minimum atomic E-state index is -0.583. The summed E-state index contributed by atoms with van der Waals surface area (Å²) < 4.78 is 18.3. The van der Waals surface area contributed by atoms with Crippen LogP contribution in [0.5, 0.6) is 17.2 Å². The van der Waals surface area contributed by atoms with E-state index in [1.165, 1.54) is 0 Å². The van der Waals surface area contributed by atoms with Crippen LogP contribution < -0.4 is 24.8 Å². The van der Waals surface area contributed by atoms with Gasteiger partial charge in [0.1, 0.15) is 11.8 Å². The number of anilines is 2. The van der Waals surface area contributed by atoms with Gasteiger partial charge >= 0.3 is 0 Å². The van der Waals surface area contributed by atoms with Gasteiger partial charge < -0.3 is 24.8 Å². The predicted octanol–water partition coefficient (Wildman–Crippen LogP) is 3.41. The number of hydrogen-bond donors (Lipinski definition) is 2. The number of hydrogen-bond acceptors (Lipinski definition) is 8. The van der Waals surface area contributed by atoms with E-state index in [9.17, 15) is 4.79 Å². The molecule has 0 aliphatic carbocycles. The smallest absolute Gasteiger partial charge is 0.255 e. The molecule has 0 saturated heterocycles. The van der Waals surface area contributed by atoms with E-state index in [4.69, 9.17) is 14.2 Å². The van der Waals surface area contributed by atoms with Crippen molar-refractivity contribution >= 4 is 17.5 Å². The Morgan fingerprint density at radius 3 is 2.67 bits per heavy atom. The molecule has 33 heavy (non-hydrogen) atoms. The highest BCUT2D eigenvalue weighted by molar-refractivity contribution is 6.06. The number of fused-ring (bicyclic) bond motifs is 1. The molecule has 10 nitrogen and oxygen atoms in total. The van der Waals surface area contributed by atoms with Crippen molar-refractivity contribution in [2.45, 2.75) is 26.3 Å². The van der Waals surface area contributed by atoms with Crippen molar-refractivity contribution in [3.63, 3.8) is 0 Å². The molecule has 0 saturated carbocycles. The summed E-state index contributed by atoms with van der Waals surface area (Å²) in [6, 6.07) is 12.2. The molecule has 0 spiro atoms. The molecule has 10 heteroatoms. The highest BCUT2D eigenvalue weighted by Gasteiger charge is 2.34. The standard InChI is InChI=1S/C23H26N6O4/c1-5-12-33-18-11-10-15(13-19(18)32-4)21-20(14(2)24-23-26-27-28-29(21)23)22(30)25-16-8-6-7-9-17(16)31-3/h6-11,13,21H,5,12H2,1-4H3,(H,25,30)(H,24,26,28)/t21-/m0/s1. The maximum atomic E-state index is 13.5. The van der Waals surface area contributed by atoms with Crippen molar-refractivity contribution in [1.82, 2.24) is 20.2 Å². The van der Waals surface area contributed by atoms with Crippen molar-refractivity contribution < 1.29 is 19.0 Å². The molecule has 172 valence electrons. The number of nitrogens with zero attached hydrogens (tertiary/aromatic N) is 4. The predicted molar refractivity (Wildman–Crippen MR) is 123 cm³/mol. The van der Waals surface area contributed by atoms with Gasteiger partial charge in [-0.1, -0.05) is 30.2 Å². The summed E-state index contributed by atoms with van der Waals surface area (Å²) in [6.07, 6.45) is 0.877. The third kappa shape index (κ3) is 4.32. The fraction of sp³-hybridized carbons (Fsp3) is 0.304. The molecule has 2 aromatic carbocycles. The third-order valence-electron chi connectivity index (χ3n) is 5.28. The first-order chi connectivity index (χ1) is 16.1. The van der Waals surface area contributed by atoms with Crippen molar-refractivity contribution in [2.24, 2.45) is 0 Å². The Morgan fingerprint density at radius 2 is 1.91 bits per heavy atom. The van der Waals surface area contributed by atoms with Crippen molar-refractivity contribution in [3.8, 4) is 17.2 Å². The van der Waals surface area contributed by atoms with Gasteiger partial charge in [0.25, 0.3) is 5.91 Å². The van der Waals surface area contributed by atoms with Gasteiger partial charge in [-0.05, 0) is 53.6 Å². The quantitative estimate of drug-likeness (QED) is 0.537. The molecule has 0 bridgehead atoms. The fourth-order valence-electron chi connectivity index (χ4n) is 3.74. The molecule has 1 atom stereocenters. The second-order valence-corrected chi connectivity index (χ2v) is 7.43. The lowest BCUT2D eigenvalue weighted by Crippen LogP contribution is -2.31. The number of aromatic nitrogens is 4. The minimum absolute atomic E-state index is 0.305. The Labute approximate surface area is 191 Å². The average Bonchev–Trinajstić information content (AvgIpc) is 3.30. The van der Waals surface area contributed by atoms with Crippen LogP contribution in [-0.2, 0) is 4.79 Å². The molecule has 1 aliphatic heterocycles. The van der Waals surface area contributed by atoms with Crippen LogP contribution in [0.3, 0.4) is 0 Å². The van der Waals surface area contributed by atoms with Crippen LogP contribution in [0.4, 0.5) is 11.6 Å². The molecule has 1 aliphatic rings. The number of carbonyl (C=O) groups is 1. The van der Waals surface area contributed by atoms with Crippen LogP contribution in [-0.4, -0.2) is 46.9 Å². The highest BCUT2D eigenvalue weighted by Crippen LogP contribution is 2.39. The molecule has 0 fully saturated rings. The van der Waals surface area contributed by atoms with Gasteiger partial charge in [0, 0.05) is 5.70 Å². The molecular weight excluding hydrogens is 424 g/mol. The maximum absolute atomic E-state index is 13.5. The molecule has 2 N–H and O–H groups in total. The summed E-state index contributed by atoms with van der Waals surface area (Å²) >= 11 is 0. The van der Waals surface area contributed by atoms with Crippen LogP contribution in [0, 0.1) is 0 Å². The normalized spacial score (nSPS) is 14.8. The molecule has 1 amide bonds. The molecule has 3 aromatic rings. The number of rotatable bonds is 8. The molecule has 4 rings (SSSR count). The number of nitrogens with one attached hydrogen (secondary N) is 2. The van der Waals surface area contributed by atoms with Crippen LogP contribution >= 0.6 is 0 Å². The number of para-hydroxylation sites is 2. The number of allylic oxidation sites excluding steroid dienone is 1. The van der Waals surface area contributed by atoms with E-state index in [0.717, 1.165) is 12.0 Å². The maximum Gasteiger partial charge on any atom is 0.255 e. The van der Waals surface area contributed by atoms with E-state index in [0.29, 0.717) is 46.8 Å².